The highest BCUT2D eigenvalue weighted by Gasteiger charge is 2.19. The molecule has 2 aromatic carbocycles. The Hall–Kier alpha value is -1.69. The third-order valence-electron chi connectivity index (χ3n) is 3.66. The number of hydrogen-bond acceptors (Lipinski definition) is 0. The van der Waals surface area contributed by atoms with E-state index in [1.54, 1.807) is 0 Å². The van der Waals surface area contributed by atoms with Gasteiger partial charge in [-0.05, 0) is 5.92 Å². The van der Waals surface area contributed by atoms with Gasteiger partial charge in [-0.2, -0.15) is 0 Å². The Balaban J connectivity index is 2.26. The van der Waals surface area contributed by atoms with Crippen molar-refractivity contribution in [3.05, 3.63) is 76.7 Å². The minimum atomic E-state index is 0.510. The van der Waals surface area contributed by atoms with Crippen molar-refractivity contribution >= 4 is 0 Å². The lowest BCUT2D eigenvalue weighted by molar-refractivity contribution is 0.857. The van der Waals surface area contributed by atoms with E-state index in [0.29, 0.717) is 5.92 Å². The molecule has 1 aliphatic carbocycles. The lowest BCUT2D eigenvalue weighted by Crippen LogP contribution is -2.14. The molecule has 0 radical (unpaired) electrons. The summed E-state index contributed by atoms with van der Waals surface area (Å²) in [4.78, 5) is 0. The first-order chi connectivity index (χ1) is 7.79. The molecule has 0 heteroatoms. The van der Waals surface area contributed by atoms with E-state index in [1.807, 2.05) is 0 Å². The van der Waals surface area contributed by atoms with E-state index in [1.165, 1.54) is 28.2 Å². The summed E-state index contributed by atoms with van der Waals surface area (Å²) in [6.45, 7) is 4.52. The van der Waals surface area contributed by atoms with Gasteiger partial charge in [0.15, 0.2) is 0 Å². The number of rotatable bonds is 0. The van der Waals surface area contributed by atoms with Crippen molar-refractivity contribution in [2.45, 2.75) is 19.8 Å². The Morgan fingerprint density at radius 1 is 0.812 bits per heavy atom. The average molecular weight is 207 g/mol. The first-order valence-electron chi connectivity index (χ1n) is 5.81. The number of benzene rings is 2. The molecule has 0 unspecified atom stereocenters. The average Bonchev–Trinajstić information content (AvgIpc) is 2.36. The molecule has 3 rings (SSSR count). The molecule has 0 aliphatic heterocycles. The van der Waals surface area contributed by atoms with Gasteiger partial charge in [-0.25, -0.2) is 0 Å². The minimum absolute atomic E-state index is 0.510. The van der Waals surface area contributed by atoms with Crippen LogP contribution in [0.2, 0.25) is 0 Å². The van der Waals surface area contributed by atoms with Gasteiger partial charge >= 0.3 is 0 Å². The third kappa shape index (κ3) is 1.19. The molecule has 80 valence electrons. The zero-order valence-electron chi connectivity index (χ0n) is 9.70. The fourth-order valence-electron chi connectivity index (χ4n) is 2.74. The molecule has 0 atom stereocenters. The lowest BCUT2D eigenvalue weighted by atomic mass is 9.74. The SMILES string of the molecule is C[C-]1c2ccccc2C(C)c2ccccc21. The molecule has 0 saturated heterocycles. The minimum Gasteiger partial charge on any atom is -0.118 e. The van der Waals surface area contributed by atoms with Crippen LogP contribution < -0.4 is 0 Å². The summed E-state index contributed by atoms with van der Waals surface area (Å²) in [6.07, 6.45) is 0. The molecule has 0 heterocycles. The smallest absolute Gasteiger partial charge is 0.0477 e. The Bertz CT molecular complexity index is 430. The van der Waals surface area contributed by atoms with Crippen LogP contribution in [0.5, 0.6) is 0 Å². The summed E-state index contributed by atoms with van der Waals surface area (Å²) >= 11 is 0. The highest BCUT2D eigenvalue weighted by atomic mass is 14.3. The van der Waals surface area contributed by atoms with Crippen LogP contribution in [0.4, 0.5) is 0 Å². The van der Waals surface area contributed by atoms with E-state index in [2.05, 4.69) is 62.4 Å². The number of hydrogen-bond donors (Lipinski definition) is 0. The van der Waals surface area contributed by atoms with Gasteiger partial charge in [0.2, 0.25) is 0 Å². The molecule has 2 aromatic rings. The van der Waals surface area contributed by atoms with Crippen molar-refractivity contribution in [3.63, 3.8) is 0 Å². The van der Waals surface area contributed by atoms with Gasteiger partial charge in [0.25, 0.3) is 0 Å². The van der Waals surface area contributed by atoms with Gasteiger partial charge in [0.1, 0.15) is 0 Å². The fraction of sp³-hybridized carbons (Fsp3) is 0.188. The summed E-state index contributed by atoms with van der Waals surface area (Å²) in [5.74, 6) is 1.92. The van der Waals surface area contributed by atoms with E-state index in [9.17, 15) is 0 Å². The molecule has 0 amide bonds. The lowest BCUT2D eigenvalue weighted by Gasteiger charge is -2.37. The zero-order chi connectivity index (χ0) is 11.1. The van der Waals surface area contributed by atoms with Crippen molar-refractivity contribution in [1.29, 1.82) is 0 Å². The van der Waals surface area contributed by atoms with Crippen LogP contribution in [0.25, 0.3) is 0 Å². The summed E-state index contributed by atoms with van der Waals surface area (Å²) in [6, 6.07) is 17.5. The molecule has 0 aromatic heterocycles. The molecule has 0 nitrogen and oxygen atoms in total. The predicted molar refractivity (Wildman–Crippen MR) is 67.5 cm³/mol. The monoisotopic (exact) mass is 207 g/mol. The van der Waals surface area contributed by atoms with Gasteiger partial charge in [-0.15, -0.1) is 40.3 Å². The highest BCUT2D eigenvalue weighted by Crippen LogP contribution is 2.41. The second-order valence-corrected chi connectivity index (χ2v) is 4.52. The molecule has 0 saturated carbocycles. The van der Waals surface area contributed by atoms with Crippen LogP contribution in [-0.2, 0) is 0 Å². The summed E-state index contributed by atoms with van der Waals surface area (Å²) in [5.41, 5.74) is 5.74. The Morgan fingerprint density at radius 2 is 1.25 bits per heavy atom. The molecular weight excluding hydrogens is 192 g/mol. The predicted octanol–water partition coefficient (Wildman–Crippen LogP) is 4.14. The molecular formula is C16H15-. The Kier molecular flexibility index (Phi) is 2.03. The van der Waals surface area contributed by atoms with E-state index in [-0.39, 0.29) is 0 Å². The second-order valence-electron chi connectivity index (χ2n) is 4.52. The topological polar surface area (TPSA) is 0 Å². The van der Waals surface area contributed by atoms with Crippen molar-refractivity contribution < 1.29 is 0 Å². The Labute approximate surface area is 96.9 Å². The quantitative estimate of drug-likeness (QED) is 0.569. The molecule has 1 aliphatic rings. The van der Waals surface area contributed by atoms with Gasteiger partial charge in [-0.3, -0.25) is 0 Å². The van der Waals surface area contributed by atoms with E-state index >= 15 is 0 Å². The van der Waals surface area contributed by atoms with E-state index in [0.717, 1.165) is 0 Å². The van der Waals surface area contributed by atoms with Crippen LogP contribution in [0.15, 0.2) is 48.5 Å². The Morgan fingerprint density at radius 3 is 1.75 bits per heavy atom. The van der Waals surface area contributed by atoms with Crippen LogP contribution in [0.1, 0.15) is 42.0 Å². The van der Waals surface area contributed by atoms with Gasteiger partial charge in [-0.1, -0.05) is 50.2 Å². The van der Waals surface area contributed by atoms with Gasteiger partial charge in [0, 0.05) is 0 Å². The van der Waals surface area contributed by atoms with Crippen LogP contribution in [0.3, 0.4) is 0 Å². The molecule has 0 bridgehead atoms. The maximum Gasteiger partial charge on any atom is -0.0477 e. The van der Waals surface area contributed by atoms with Crippen LogP contribution in [0, 0.1) is 5.92 Å². The van der Waals surface area contributed by atoms with Crippen molar-refractivity contribution in [1.82, 2.24) is 0 Å². The second kappa shape index (κ2) is 3.41. The molecule has 0 N–H and O–H groups in total. The maximum atomic E-state index is 2.30. The van der Waals surface area contributed by atoms with Crippen molar-refractivity contribution in [2.75, 3.05) is 0 Å². The molecule has 0 fully saturated rings. The van der Waals surface area contributed by atoms with Gasteiger partial charge in [0.05, 0.1) is 0 Å². The van der Waals surface area contributed by atoms with Crippen LogP contribution in [-0.4, -0.2) is 0 Å². The third-order valence-corrected chi connectivity index (χ3v) is 3.66. The fourth-order valence-corrected chi connectivity index (χ4v) is 2.74. The normalized spacial score (nSPS) is 14.5. The first-order valence-corrected chi connectivity index (χ1v) is 5.81. The van der Waals surface area contributed by atoms with E-state index in [4.69, 9.17) is 0 Å². The molecule has 16 heavy (non-hydrogen) atoms. The summed E-state index contributed by atoms with van der Waals surface area (Å²) in [5, 5.41) is 0. The zero-order valence-corrected chi connectivity index (χ0v) is 9.70. The largest absolute Gasteiger partial charge is 0.118 e. The van der Waals surface area contributed by atoms with Crippen LogP contribution >= 0.6 is 0 Å². The highest BCUT2D eigenvalue weighted by molar-refractivity contribution is 5.59. The standard InChI is InChI=1S/C16H15/c1-11-13-7-3-5-9-15(13)12(2)16-10-6-4-8-14(11)16/h3-11H,1-2H3/q-1. The molecule has 0 spiro atoms. The number of fused-ring (bicyclic) bond motifs is 2. The van der Waals surface area contributed by atoms with Crippen molar-refractivity contribution in [3.8, 4) is 0 Å². The van der Waals surface area contributed by atoms with E-state index < -0.39 is 0 Å². The maximum absolute atomic E-state index is 2.30. The summed E-state index contributed by atoms with van der Waals surface area (Å²) in [7, 11) is 0. The first kappa shape index (κ1) is 9.53. The van der Waals surface area contributed by atoms with Gasteiger partial charge < -0.3 is 0 Å². The van der Waals surface area contributed by atoms with Crippen molar-refractivity contribution in [2.24, 2.45) is 0 Å². The summed E-state index contributed by atoms with van der Waals surface area (Å²) < 4.78 is 0.